The number of carbonyl (C=O) groups excluding carboxylic acids is 1. The van der Waals surface area contributed by atoms with Crippen LogP contribution in [0.5, 0.6) is 0 Å². The van der Waals surface area contributed by atoms with E-state index in [1.807, 2.05) is 5.38 Å². The Labute approximate surface area is 127 Å². The molecular weight excluding hydrogens is 346 g/mol. The summed E-state index contributed by atoms with van der Waals surface area (Å²) in [6, 6.07) is 3.99. The van der Waals surface area contributed by atoms with Crippen LogP contribution < -0.4 is 10.6 Å². The number of benzene rings is 1. The maximum Gasteiger partial charge on any atom is 0.335 e. The van der Waals surface area contributed by atoms with Crippen molar-refractivity contribution < 1.29 is 14.7 Å². The van der Waals surface area contributed by atoms with Gasteiger partial charge >= 0.3 is 12.0 Å². The number of rotatable bonds is 4. The van der Waals surface area contributed by atoms with E-state index >= 15 is 0 Å². The molecule has 0 aliphatic carbocycles. The van der Waals surface area contributed by atoms with Crippen LogP contribution in [0.4, 0.5) is 10.5 Å². The van der Waals surface area contributed by atoms with Gasteiger partial charge in [0.05, 0.1) is 29.0 Å². The van der Waals surface area contributed by atoms with Gasteiger partial charge in [0.25, 0.3) is 0 Å². The minimum absolute atomic E-state index is 0.144. The topological polar surface area (TPSA) is 91.3 Å². The van der Waals surface area contributed by atoms with Crippen molar-refractivity contribution in [3.05, 3.63) is 44.8 Å². The molecule has 1 aromatic carbocycles. The number of nitrogens with one attached hydrogen (secondary N) is 2. The van der Waals surface area contributed by atoms with Crippen LogP contribution in [0.3, 0.4) is 0 Å². The number of carbonyl (C=O) groups is 2. The van der Waals surface area contributed by atoms with Crippen molar-refractivity contribution in [3.8, 4) is 0 Å². The lowest BCUT2D eigenvalue weighted by Gasteiger charge is -2.09. The summed E-state index contributed by atoms with van der Waals surface area (Å²) < 4.78 is 0.501. The molecule has 0 unspecified atom stereocenters. The number of urea groups is 1. The highest BCUT2D eigenvalue weighted by Gasteiger charge is 2.09. The molecule has 2 amide bonds. The van der Waals surface area contributed by atoms with Gasteiger partial charge in [0.2, 0.25) is 0 Å². The number of hydrogen-bond acceptors (Lipinski definition) is 4. The van der Waals surface area contributed by atoms with E-state index < -0.39 is 5.97 Å². The summed E-state index contributed by atoms with van der Waals surface area (Å²) in [5.74, 6) is -1.02. The molecule has 1 heterocycles. The lowest BCUT2D eigenvalue weighted by atomic mass is 10.2. The number of amides is 2. The van der Waals surface area contributed by atoms with Crippen molar-refractivity contribution in [2.75, 3.05) is 5.32 Å². The molecule has 0 radical (unpaired) electrons. The van der Waals surface area contributed by atoms with E-state index in [1.165, 1.54) is 29.5 Å². The number of aromatic nitrogens is 1. The van der Waals surface area contributed by atoms with Gasteiger partial charge in [-0.25, -0.2) is 14.6 Å². The molecular formula is C12H10BrN3O3S. The van der Waals surface area contributed by atoms with Crippen molar-refractivity contribution >= 4 is 45.0 Å². The number of hydrogen-bond donors (Lipinski definition) is 3. The van der Waals surface area contributed by atoms with Crippen molar-refractivity contribution in [2.24, 2.45) is 0 Å². The van der Waals surface area contributed by atoms with Gasteiger partial charge in [0.1, 0.15) is 0 Å². The van der Waals surface area contributed by atoms with E-state index in [0.29, 0.717) is 16.7 Å². The Kier molecular flexibility index (Phi) is 4.70. The maximum atomic E-state index is 11.7. The van der Waals surface area contributed by atoms with E-state index in [1.54, 1.807) is 5.51 Å². The lowest BCUT2D eigenvalue weighted by molar-refractivity contribution is 0.0697. The minimum atomic E-state index is -1.02. The van der Waals surface area contributed by atoms with Crippen molar-refractivity contribution in [1.82, 2.24) is 10.3 Å². The number of carboxylic acids is 1. The van der Waals surface area contributed by atoms with Crippen molar-refractivity contribution in [2.45, 2.75) is 6.54 Å². The molecule has 6 nitrogen and oxygen atoms in total. The Bertz CT molecular complexity index is 631. The fraction of sp³-hybridized carbons (Fsp3) is 0.0833. The Morgan fingerprint density at radius 1 is 1.40 bits per heavy atom. The number of anilines is 1. The van der Waals surface area contributed by atoms with Crippen LogP contribution in [-0.2, 0) is 6.54 Å². The molecule has 8 heteroatoms. The summed E-state index contributed by atoms with van der Waals surface area (Å²) >= 11 is 4.67. The SMILES string of the molecule is O=C(NCc1cscn1)Nc1ccc(C(=O)O)cc1Br. The summed E-state index contributed by atoms with van der Waals surface area (Å²) in [6.45, 7) is 0.333. The van der Waals surface area contributed by atoms with Crippen LogP contribution in [-0.4, -0.2) is 22.1 Å². The largest absolute Gasteiger partial charge is 0.478 e. The Hall–Kier alpha value is -1.93. The van der Waals surface area contributed by atoms with Gasteiger partial charge < -0.3 is 15.7 Å². The molecule has 104 valence electrons. The Morgan fingerprint density at radius 2 is 2.20 bits per heavy atom. The zero-order valence-corrected chi connectivity index (χ0v) is 12.5. The van der Waals surface area contributed by atoms with Gasteiger partial charge in [0, 0.05) is 9.85 Å². The van der Waals surface area contributed by atoms with Crippen LogP contribution in [0, 0.1) is 0 Å². The fourth-order valence-corrected chi connectivity index (χ4v) is 2.45. The van der Waals surface area contributed by atoms with Gasteiger partial charge in [-0.1, -0.05) is 0 Å². The maximum absolute atomic E-state index is 11.7. The predicted molar refractivity (Wildman–Crippen MR) is 79.1 cm³/mol. The number of thiazole rings is 1. The first-order valence-corrected chi connectivity index (χ1v) is 7.24. The zero-order valence-electron chi connectivity index (χ0n) is 10.1. The van der Waals surface area contributed by atoms with Crippen molar-refractivity contribution in [3.63, 3.8) is 0 Å². The fourth-order valence-electron chi connectivity index (χ4n) is 1.41. The van der Waals surface area contributed by atoms with E-state index in [2.05, 4.69) is 31.5 Å². The number of nitrogens with zero attached hydrogens (tertiary/aromatic N) is 1. The average Bonchev–Trinajstić information content (AvgIpc) is 2.91. The normalized spacial score (nSPS) is 10.1. The second-order valence-electron chi connectivity index (χ2n) is 3.79. The third kappa shape index (κ3) is 3.78. The third-order valence-corrected chi connectivity index (χ3v) is 3.67. The summed E-state index contributed by atoms with van der Waals surface area (Å²) in [7, 11) is 0. The Balaban J connectivity index is 1.95. The zero-order chi connectivity index (χ0) is 14.5. The molecule has 0 spiro atoms. The second-order valence-corrected chi connectivity index (χ2v) is 5.36. The first-order chi connectivity index (χ1) is 9.56. The molecule has 0 fully saturated rings. The summed E-state index contributed by atoms with van der Waals surface area (Å²) in [5, 5.41) is 16.0. The Morgan fingerprint density at radius 3 is 2.80 bits per heavy atom. The molecule has 20 heavy (non-hydrogen) atoms. The quantitative estimate of drug-likeness (QED) is 0.786. The van der Waals surface area contributed by atoms with Gasteiger partial charge in [-0.3, -0.25) is 0 Å². The van der Waals surface area contributed by atoms with Gasteiger partial charge in [-0.15, -0.1) is 11.3 Å². The summed E-state index contributed by atoms with van der Waals surface area (Å²) in [5.41, 5.74) is 3.11. The highest BCUT2D eigenvalue weighted by Crippen LogP contribution is 2.23. The third-order valence-electron chi connectivity index (χ3n) is 2.38. The number of halogens is 1. The van der Waals surface area contributed by atoms with Crippen LogP contribution in [0.25, 0.3) is 0 Å². The molecule has 0 aliphatic rings. The molecule has 0 atom stereocenters. The summed E-state index contributed by atoms with van der Waals surface area (Å²) in [6.07, 6.45) is 0. The first-order valence-electron chi connectivity index (χ1n) is 5.51. The highest BCUT2D eigenvalue weighted by molar-refractivity contribution is 9.10. The predicted octanol–water partition coefficient (Wildman–Crippen LogP) is 2.93. The van der Waals surface area contributed by atoms with E-state index in [4.69, 9.17) is 5.11 Å². The summed E-state index contributed by atoms with van der Waals surface area (Å²) in [4.78, 5) is 26.5. The van der Waals surface area contributed by atoms with Crippen molar-refractivity contribution in [1.29, 1.82) is 0 Å². The molecule has 2 rings (SSSR count). The van der Waals surface area contributed by atoms with Crippen LogP contribution in [0.2, 0.25) is 0 Å². The van der Waals surface area contributed by atoms with Gasteiger partial charge in [0.15, 0.2) is 0 Å². The molecule has 0 aliphatic heterocycles. The smallest absolute Gasteiger partial charge is 0.335 e. The molecule has 0 saturated carbocycles. The van der Waals surface area contributed by atoms with Crippen LogP contribution in [0.15, 0.2) is 33.6 Å². The molecule has 3 N–H and O–H groups in total. The number of aromatic carboxylic acids is 1. The molecule has 2 aromatic rings. The molecule has 1 aromatic heterocycles. The lowest BCUT2D eigenvalue weighted by Crippen LogP contribution is -2.28. The highest BCUT2D eigenvalue weighted by atomic mass is 79.9. The van der Waals surface area contributed by atoms with Crippen LogP contribution >= 0.6 is 27.3 Å². The minimum Gasteiger partial charge on any atom is -0.478 e. The average molecular weight is 356 g/mol. The van der Waals surface area contributed by atoms with E-state index in [9.17, 15) is 9.59 Å². The van der Waals surface area contributed by atoms with Gasteiger partial charge in [-0.2, -0.15) is 0 Å². The molecule has 0 bridgehead atoms. The standard InChI is InChI=1S/C12H10BrN3O3S/c13-9-3-7(11(17)18)1-2-10(9)16-12(19)14-4-8-5-20-6-15-8/h1-3,5-6H,4H2,(H,17,18)(H2,14,16,19). The van der Waals surface area contributed by atoms with E-state index in [0.717, 1.165) is 5.69 Å². The monoisotopic (exact) mass is 355 g/mol. The first kappa shape index (κ1) is 14.5. The molecule has 0 saturated heterocycles. The van der Waals surface area contributed by atoms with Gasteiger partial charge in [-0.05, 0) is 34.1 Å². The van der Waals surface area contributed by atoms with Crippen LogP contribution in [0.1, 0.15) is 16.1 Å². The number of carboxylic acid groups (broad SMARTS) is 1. The second kappa shape index (κ2) is 6.49. The van der Waals surface area contributed by atoms with E-state index in [-0.39, 0.29) is 11.6 Å².